The maximum atomic E-state index is 5.64. The van der Waals surface area contributed by atoms with Crippen LogP contribution in [0, 0.1) is 0 Å². The number of hydrogen-bond acceptors (Lipinski definition) is 4. The van der Waals surface area contributed by atoms with Gasteiger partial charge in [-0.2, -0.15) is 0 Å². The molecule has 22 heavy (non-hydrogen) atoms. The van der Waals surface area contributed by atoms with Crippen LogP contribution < -0.4 is 20.1 Å². The van der Waals surface area contributed by atoms with Gasteiger partial charge in [0, 0.05) is 33.4 Å². The van der Waals surface area contributed by atoms with Gasteiger partial charge >= 0.3 is 0 Å². The number of hydrogen-bond donors (Lipinski definition) is 2. The van der Waals surface area contributed by atoms with Gasteiger partial charge in [-0.25, -0.2) is 0 Å². The largest absolute Gasteiger partial charge is 0.497 e. The van der Waals surface area contributed by atoms with E-state index in [4.69, 9.17) is 14.2 Å². The molecule has 126 valence electrons. The van der Waals surface area contributed by atoms with Crippen LogP contribution in [0.5, 0.6) is 11.5 Å². The van der Waals surface area contributed by atoms with Crippen molar-refractivity contribution in [3.05, 3.63) is 24.3 Å². The van der Waals surface area contributed by atoms with Crippen molar-refractivity contribution in [2.24, 2.45) is 4.99 Å². The molecule has 0 saturated heterocycles. The summed E-state index contributed by atoms with van der Waals surface area (Å²) in [7, 11) is 5.08. The molecule has 0 aromatic heterocycles. The highest BCUT2D eigenvalue weighted by Crippen LogP contribution is 2.18. The van der Waals surface area contributed by atoms with Crippen molar-refractivity contribution in [3.8, 4) is 11.5 Å². The van der Waals surface area contributed by atoms with Gasteiger partial charge in [0.05, 0.1) is 13.7 Å². The molecule has 6 nitrogen and oxygen atoms in total. The van der Waals surface area contributed by atoms with Gasteiger partial charge in [-0.1, -0.05) is 6.07 Å². The Bertz CT molecular complexity index is 430. The molecule has 0 amide bonds. The smallest absolute Gasteiger partial charge is 0.191 e. The van der Waals surface area contributed by atoms with Crippen LogP contribution in [0.4, 0.5) is 0 Å². The highest BCUT2D eigenvalue weighted by molar-refractivity contribution is 14.0. The first-order valence-electron chi connectivity index (χ1n) is 7.00. The molecule has 1 aromatic carbocycles. The summed E-state index contributed by atoms with van der Waals surface area (Å²) in [4.78, 5) is 4.14. The Morgan fingerprint density at radius 3 is 2.50 bits per heavy atom. The van der Waals surface area contributed by atoms with E-state index in [2.05, 4.69) is 15.6 Å². The third kappa shape index (κ3) is 8.93. The molecule has 0 aliphatic carbocycles. The van der Waals surface area contributed by atoms with E-state index >= 15 is 0 Å². The zero-order chi connectivity index (χ0) is 15.3. The SMILES string of the molecule is CN=C(NCCCOC)NCCOc1cccc(OC)c1.I. The maximum Gasteiger partial charge on any atom is 0.191 e. The quantitative estimate of drug-likeness (QED) is 0.275. The second-order valence-electron chi connectivity index (χ2n) is 4.30. The van der Waals surface area contributed by atoms with Crippen LogP contribution in [0.25, 0.3) is 0 Å². The molecule has 2 N–H and O–H groups in total. The Morgan fingerprint density at radius 2 is 1.82 bits per heavy atom. The fourth-order valence-corrected chi connectivity index (χ4v) is 1.67. The number of aliphatic imine (C=N–C) groups is 1. The lowest BCUT2D eigenvalue weighted by atomic mass is 10.3. The lowest BCUT2D eigenvalue weighted by Crippen LogP contribution is -2.39. The molecule has 0 atom stereocenters. The van der Waals surface area contributed by atoms with E-state index in [1.807, 2.05) is 24.3 Å². The molecule has 0 fully saturated rings. The number of guanidine groups is 1. The number of methoxy groups -OCH3 is 2. The number of ether oxygens (including phenoxy) is 3. The van der Waals surface area contributed by atoms with E-state index in [1.165, 1.54) is 0 Å². The van der Waals surface area contributed by atoms with Crippen molar-refractivity contribution in [1.82, 2.24) is 10.6 Å². The molecule has 0 saturated carbocycles. The van der Waals surface area contributed by atoms with Gasteiger partial charge in [-0.3, -0.25) is 4.99 Å². The molecular weight excluding hydrogens is 397 g/mol. The van der Waals surface area contributed by atoms with E-state index in [9.17, 15) is 0 Å². The normalized spacial score (nSPS) is 10.6. The van der Waals surface area contributed by atoms with Gasteiger partial charge in [0.25, 0.3) is 0 Å². The van der Waals surface area contributed by atoms with Crippen LogP contribution >= 0.6 is 24.0 Å². The monoisotopic (exact) mass is 423 g/mol. The minimum atomic E-state index is 0. The average Bonchev–Trinajstić information content (AvgIpc) is 2.53. The molecule has 0 radical (unpaired) electrons. The summed E-state index contributed by atoms with van der Waals surface area (Å²) in [6.07, 6.45) is 0.942. The van der Waals surface area contributed by atoms with Crippen molar-refractivity contribution in [2.75, 3.05) is 47.6 Å². The second-order valence-corrected chi connectivity index (χ2v) is 4.30. The van der Waals surface area contributed by atoms with Crippen LogP contribution in [-0.4, -0.2) is 53.5 Å². The first-order chi connectivity index (χ1) is 10.3. The van der Waals surface area contributed by atoms with Crippen LogP contribution in [0.15, 0.2) is 29.3 Å². The average molecular weight is 423 g/mol. The molecule has 0 spiro atoms. The Morgan fingerprint density at radius 1 is 1.09 bits per heavy atom. The summed E-state index contributed by atoms with van der Waals surface area (Å²) in [6, 6.07) is 7.55. The number of halogens is 1. The summed E-state index contributed by atoms with van der Waals surface area (Å²) in [5.74, 6) is 2.34. The van der Waals surface area contributed by atoms with Crippen molar-refractivity contribution < 1.29 is 14.2 Å². The standard InChI is InChI=1S/C15H25N3O3.HI/c1-16-15(17-8-5-10-19-2)18-9-11-21-14-7-4-6-13(12-14)20-3;/h4,6-7,12H,5,8-11H2,1-3H3,(H2,16,17,18);1H. The third-order valence-corrected chi connectivity index (χ3v) is 2.75. The van der Waals surface area contributed by atoms with Gasteiger partial charge in [0.15, 0.2) is 5.96 Å². The van der Waals surface area contributed by atoms with Crippen molar-refractivity contribution in [2.45, 2.75) is 6.42 Å². The van der Waals surface area contributed by atoms with E-state index in [0.29, 0.717) is 13.2 Å². The van der Waals surface area contributed by atoms with Crippen molar-refractivity contribution >= 4 is 29.9 Å². The molecule has 0 heterocycles. The number of nitrogens with zero attached hydrogens (tertiary/aromatic N) is 1. The predicted molar refractivity (Wildman–Crippen MR) is 99.8 cm³/mol. The third-order valence-electron chi connectivity index (χ3n) is 2.75. The number of benzene rings is 1. The highest BCUT2D eigenvalue weighted by Gasteiger charge is 1.98. The predicted octanol–water partition coefficient (Wildman–Crippen LogP) is 1.89. The summed E-state index contributed by atoms with van der Waals surface area (Å²) in [5, 5.41) is 6.39. The van der Waals surface area contributed by atoms with E-state index in [-0.39, 0.29) is 24.0 Å². The summed E-state index contributed by atoms with van der Waals surface area (Å²) in [6.45, 7) is 2.78. The van der Waals surface area contributed by atoms with Gasteiger partial charge in [0.1, 0.15) is 18.1 Å². The summed E-state index contributed by atoms with van der Waals surface area (Å²) >= 11 is 0. The first-order valence-corrected chi connectivity index (χ1v) is 7.00. The molecule has 0 bridgehead atoms. The lowest BCUT2D eigenvalue weighted by molar-refractivity contribution is 0.195. The number of rotatable bonds is 9. The zero-order valence-corrected chi connectivity index (χ0v) is 15.8. The minimum absolute atomic E-state index is 0. The number of nitrogens with one attached hydrogen (secondary N) is 2. The molecule has 7 heteroatoms. The molecule has 0 unspecified atom stereocenters. The van der Waals surface area contributed by atoms with E-state index < -0.39 is 0 Å². The van der Waals surface area contributed by atoms with Crippen LogP contribution in [0.3, 0.4) is 0 Å². The fourth-order valence-electron chi connectivity index (χ4n) is 1.67. The molecule has 0 aliphatic rings. The second kappa shape index (κ2) is 13.4. The summed E-state index contributed by atoms with van der Waals surface area (Å²) in [5.41, 5.74) is 0. The van der Waals surface area contributed by atoms with Crippen LogP contribution in [0.2, 0.25) is 0 Å². The maximum absolute atomic E-state index is 5.64. The Kier molecular flexibility index (Phi) is 12.7. The minimum Gasteiger partial charge on any atom is -0.497 e. The molecule has 1 aromatic rings. The van der Waals surface area contributed by atoms with E-state index in [0.717, 1.165) is 37.0 Å². The molecule has 0 aliphatic heterocycles. The highest BCUT2D eigenvalue weighted by atomic mass is 127. The van der Waals surface area contributed by atoms with Gasteiger partial charge in [0.2, 0.25) is 0 Å². The molecule has 1 rings (SSSR count). The van der Waals surface area contributed by atoms with Gasteiger partial charge in [-0.05, 0) is 18.6 Å². The fraction of sp³-hybridized carbons (Fsp3) is 0.533. The first kappa shape index (κ1) is 20.8. The molecular formula is C15H26IN3O3. The topological polar surface area (TPSA) is 64.1 Å². The van der Waals surface area contributed by atoms with Crippen LogP contribution in [0.1, 0.15) is 6.42 Å². The Hall–Kier alpha value is -1.22. The Labute approximate surface area is 149 Å². The van der Waals surface area contributed by atoms with E-state index in [1.54, 1.807) is 21.3 Å². The Balaban J connectivity index is 0.00000441. The van der Waals surface area contributed by atoms with Gasteiger partial charge < -0.3 is 24.8 Å². The zero-order valence-electron chi connectivity index (χ0n) is 13.4. The summed E-state index contributed by atoms with van der Waals surface area (Å²) < 4.78 is 15.8. The van der Waals surface area contributed by atoms with Crippen molar-refractivity contribution in [1.29, 1.82) is 0 Å². The van der Waals surface area contributed by atoms with Crippen molar-refractivity contribution in [3.63, 3.8) is 0 Å². The van der Waals surface area contributed by atoms with Crippen LogP contribution in [-0.2, 0) is 4.74 Å². The lowest BCUT2D eigenvalue weighted by Gasteiger charge is -2.12. The van der Waals surface area contributed by atoms with Gasteiger partial charge in [-0.15, -0.1) is 24.0 Å².